The van der Waals surface area contributed by atoms with Crippen LogP contribution in [0.15, 0.2) is 0 Å². The topological polar surface area (TPSA) is 26.0 Å². The fourth-order valence-corrected chi connectivity index (χ4v) is 2.13. The first-order valence-corrected chi connectivity index (χ1v) is 4.92. The number of unbranched alkanes of at least 4 members (excludes halogenated alkanes) is 1. The van der Waals surface area contributed by atoms with Crippen LogP contribution in [0.1, 0.15) is 46.5 Å². The van der Waals surface area contributed by atoms with Crippen LogP contribution in [0.25, 0.3) is 0 Å². The normalized spacial score (nSPS) is 42.5. The van der Waals surface area contributed by atoms with Gasteiger partial charge >= 0.3 is 0 Å². The molecule has 1 heteroatoms. The average Bonchev–Trinajstić information content (AvgIpc) is 2.53. The summed E-state index contributed by atoms with van der Waals surface area (Å²) in [5, 5.41) is 0. The molecule has 66 valence electrons. The third-order valence-corrected chi connectivity index (χ3v) is 3.56. The van der Waals surface area contributed by atoms with Gasteiger partial charge in [-0.2, -0.15) is 0 Å². The van der Waals surface area contributed by atoms with Crippen molar-refractivity contribution in [3.8, 4) is 0 Å². The van der Waals surface area contributed by atoms with Crippen molar-refractivity contribution in [3.63, 3.8) is 0 Å². The molecule has 0 aromatic heterocycles. The molecule has 3 unspecified atom stereocenters. The van der Waals surface area contributed by atoms with Crippen molar-refractivity contribution in [3.05, 3.63) is 0 Å². The monoisotopic (exact) mass is 155 g/mol. The van der Waals surface area contributed by atoms with Crippen LogP contribution < -0.4 is 5.73 Å². The Hall–Kier alpha value is -0.0400. The molecule has 1 saturated carbocycles. The van der Waals surface area contributed by atoms with E-state index >= 15 is 0 Å². The first-order chi connectivity index (χ1) is 5.16. The first kappa shape index (κ1) is 9.05. The van der Waals surface area contributed by atoms with Gasteiger partial charge < -0.3 is 5.73 Å². The molecule has 0 spiro atoms. The Morgan fingerprint density at radius 2 is 2.00 bits per heavy atom. The van der Waals surface area contributed by atoms with Crippen LogP contribution in [0.3, 0.4) is 0 Å². The predicted molar refractivity (Wildman–Crippen MR) is 49.4 cm³/mol. The number of hydrogen-bond donors (Lipinski definition) is 1. The van der Waals surface area contributed by atoms with E-state index in [1.807, 2.05) is 0 Å². The van der Waals surface area contributed by atoms with Crippen LogP contribution in [0.4, 0.5) is 0 Å². The molecule has 1 fully saturated rings. The second-order valence-corrected chi connectivity index (χ2v) is 4.13. The zero-order valence-electron chi connectivity index (χ0n) is 8.06. The largest absolute Gasteiger partial charge is 0.327 e. The van der Waals surface area contributed by atoms with Crippen molar-refractivity contribution in [2.45, 2.75) is 52.5 Å². The van der Waals surface area contributed by atoms with Crippen molar-refractivity contribution in [2.24, 2.45) is 17.1 Å². The van der Waals surface area contributed by atoms with Crippen molar-refractivity contribution < 1.29 is 0 Å². The molecule has 3 atom stereocenters. The predicted octanol–water partition coefficient (Wildman–Crippen LogP) is 2.55. The van der Waals surface area contributed by atoms with Gasteiger partial charge in [0.25, 0.3) is 0 Å². The molecular weight excluding hydrogens is 134 g/mol. The Bertz CT molecular complexity index is 133. The minimum absolute atomic E-state index is 0.495. The highest BCUT2D eigenvalue weighted by atomic mass is 14.8. The van der Waals surface area contributed by atoms with Gasteiger partial charge in [-0.15, -0.1) is 0 Å². The third kappa shape index (κ3) is 1.44. The second-order valence-electron chi connectivity index (χ2n) is 4.13. The minimum Gasteiger partial charge on any atom is -0.327 e. The molecular formula is C10H21N. The smallest absolute Gasteiger partial charge is 0.0130 e. The Balaban J connectivity index is 2.29. The van der Waals surface area contributed by atoms with Gasteiger partial charge in [-0.05, 0) is 24.2 Å². The van der Waals surface area contributed by atoms with E-state index in [1.54, 1.807) is 0 Å². The maximum atomic E-state index is 6.00. The van der Waals surface area contributed by atoms with Gasteiger partial charge in [-0.1, -0.05) is 33.6 Å². The van der Waals surface area contributed by atoms with Crippen LogP contribution in [0.2, 0.25) is 0 Å². The lowest BCUT2D eigenvalue weighted by Crippen LogP contribution is -2.08. The lowest BCUT2D eigenvalue weighted by molar-refractivity contribution is 0.455. The maximum Gasteiger partial charge on any atom is 0.0130 e. The van der Waals surface area contributed by atoms with Crippen LogP contribution >= 0.6 is 0 Å². The first-order valence-electron chi connectivity index (χ1n) is 4.92. The summed E-state index contributed by atoms with van der Waals surface area (Å²) in [7, 11) is 0. The number of nitrogens with two attached hydrogens (primary N) is 1. The zero-order valence-corrected chi connectivity index (χ0v) is 8.06. The van der Waals surface area contributed by atoms with Crippen LogP contribution in [-0.2, 0) is 0 Å². The fraction of sp³-hybridized carbons (Fsp3) is 1.00. The van der Waals surface area contributed by atoms with E-state index in [0.29, 0.717) is 11.5 Å². The summed E-state index contributed by atoms with van der Waals surface area (Å²) in [5.74, 6) is 0.826. The number of rotatable bonds is 4. The van der Waals surface area contributed by atoms with Gasteiger partial charge in [-0.3, -0.25) is 0 Å². The molecule has 0 aromatic carbocycles. The van der Waals surface area contributed by atoms with E-state index < -0.39 is 0 Å². The summed E-state index contributed by atoms with van der Waals surface area (Å²) < 4.78 is 0. The average molecular weight is 155 g/mol. The molecule has 0 heterocycles. The summed E-state index contributed by atoms with van der Waals surface area (Å²) in [6, 6.07) is 0.499. The summed E-state index contributed by atoms with van der Waals surface area (Å²) in [5.41, 5.74) is 6.49. The molecule has 1 aliphatic rings. The van der Waals surface area contributed by atoms with E-state index in [2.05, 4.69) is 20.8 Å². The minimum atomic E-state index is 0.495. The van der Waals surface area contributed by atoms with Crippen molar-refractivity contribution in [2.75, 3.05) is 0 Å². The highest BCUT2D eigenvalue weighted by Gasteiger charge is 2.56. The van der Waals surface area contributed by atoms with Gasteiger partial charge in [0.05, 0.1) is 0 Å². The summed E-state index contributed by atoms with van der Waals surface area (Å²) in [4.78, 5) is 0. The van der Waals surface area contributed by atoms with Gasteiger partial charge in [-0.25, -0.2) is 0 Å². The van der Waals surface area contributed by atoms with E-state index in [4.69, 9.17) is 5.73 Å². The van der Waals surface area contributed by atoms with Crippen LogP contribution in [0, 0.1) is 11.3 Å². The summed E-state index contributed by atoms with van der Waals surface area (Å²) in [6.07, 6.45) is 5.27. The molecule has 1 rings (SSSR count). The molecule has 1 nitrogen and oxygen atoms in total. The molecule has 0 saturated heterocycles. The van der Waals surface area contributed by atoms with E-state index in [1.165, 1.54) is 25.7 Å². The second kappa shape index (κ2) is 3.14. The molecule has 0 aliphatic heterocycles. The lowest BCUT2D eigenvalue weighted by atomic mass is 10.0. The van der Waals surface area contributed by atoms with Crippen LogP contribution in [-0.4, -0.2) is 6.04 Å². The SMILES string of the molecule is CCCCC1C(N)C1(C)CC. The Kier molecular flexibility index (Phi) is 2.58. The van der Waals surface area contributed by atoms with Crippen molar-refractivity contribution >= 4 is 0 Å². The lowest BCUT2D eigenvalue weighted by Gasteiger charge is -2.05. The van der Waals surface area contributed by atoms with E-state index in [9.17, 15) is 0 Å². The summed E-state index contributed by atoms with van der Waals surface area (Å²) in [6.45, 7) is 6.83. The fourth-order valence-electron chi connectivity index (χ4n) is 2.13. The Morgan fingerprint density at radius 3 is 2.36 bits per heavy atom. The molecule has 1 aliphatic carbocycles. The van der Waals surface area contributed by atoms with Crippen molar-refractivity contribution in [1.29, 1.82) is 0 Å². The third-order valence-electron chi connectivity index (χ3n) is 3.56. The highest BCUT2D eigenvalue weighted by Crippen LogP contribution is 2.55. The molecule has 0 aromatic rings. The standard InChI is InChI=1S/C10H21N/c1-4-6-7-8-9(11)10(8,3)5-2/h8-9H,4-7,11H2,1-3H3. The maximum absolute atomic E-state index is 6.00. The molecule has 0 radical (unpaired) electrons. The van der Waals surface area contributed by atoms with Gasteiger partial charge in [0.2, 0.25) is 0 Å². The summed E-state index contributed by atoms with van der Waals surface area (Å²) >= 11 is 0. The highest BCUT2D eigenvalue weighted by molar-refractivity contribution is 5.10. The molecule has 0 amide bonds. The zero-order chi connectivity index (χ0) is 8.48. The molecule has 11 heavy (non-hydrogen) atoms. The molecule has 0 bridgehead atoms. The van der Waals surface area contributed by atoms with Crippen LogP contribution in [0.5, 0.6) is 0 Å². The Morgan fingerprint density at radius 1 is 1.36 bits per heavy atom. The van der Waals surface area contributed by atoms with Gasteiger partial charge in [0.1, 0.15) is 0 Å². The molecule has 2 N–H and O–H groups in total. The Labute approximate surface area is 70.4 Å². The van der Waals surface area contributed by atoms with E-state index in [0.717, 1.165) is 5.92 Å². The quantitative estimate of drug-likeness (QED) is 0.663. The van der Waals surface area contributed by atoms with Gasteiger partial charge in [0.15, 0.2) is 0 Å². The van der Waals surface area contributed by atoms with E-state index in [-0.39, 0.29) is 0 Å². The number of hydrogen-bond acceptors (Lipinski definition) is 1. The van der Waals surface area contributed by atoms with Gasteiger partial charge in [0, 0.05) is 6.04 Å². The van der Waals surface area contributed by atoms with Crippen molar-refractivity contribution in [1.82, 2.24) is 0 Å².